The van der Waals surface area contributed by atoms with Crippen LogP contribution in [0.3, 0.4) is 0 Å². The molecular formula is C11H6F5N3O. The zero-order valence-electron chi connectivity index (χ0n) is 9.66. The fourth-order valence-corrected chi connectivity index (χ4v) is 1.46. The third-order valence-electron chi connectivity index (χ3n) is 2.37. The highest BCUT2D eigenvalue weighted by atomic mass is 19.4. The van der Waals surface area contributed by atoms with Crippen molar-refractivity contribution in [2.45, 2.75) is 12.7 Å². The lowest BCUT2D eigenvalue weighted by atomic mass is 10.2. The molecule has 0 aliphatic heterocycles. The van der Waals surface area contributed by atoms with Crippen molar-refractivity contribution < 1.29 is 26.7 Å². The Morgan fingerprint density at radius 1 is 1.25 bits per heavy atom. The van der Waals surface area contributed by atoms with Gasteiger partial charge in [-0.15, -0.1) is 5.10 Å². The van der Waals surface area contributed by atoms with E-state index in [2.05, 4.69) is 10.3 Å². The average molecular weight is 291 g/mol. The lowest BCUT2D eigenvalue weighted by Crippen LogP contribution is -2.23. The van der Waals surface area contributed by atoms with Crippen molar-refractivity contribution >= 4 is 5.78 Å². The number of halogens is 5. The highest BCUT2D eigenvalue weighted by Crippen LogP contribution is 2.20. The van der Waals surface area contributed by atoms with E-state index < -0.39 is 29.3 Å². The molecular weight excluding hydrogens is 285 g/mol. The summed E-state index contributed by atoms with van der Waals surface area (Å²) in [5.41, 5.74) is -1.03. The minimum atomic E-state index is -5.06. The summed E-state index contributed by atoms with van der Waals surface area (Å²) in [6.45, 7) is -0.346. The number of rotatable bonds is 3. The molecule has 1 aromatic heterocycles. The quantitative estimate of drug-likeness (QED) is 0.644. The molecule has 0 aliphatic carbocycles. The van der Waals surface area contributed by atoms with Gasteiger partial charge in [0.25, 0.3) is 5.78 Å². The van der Waals surface area contributed by atoms with Crippen molar-refractivity contribution in [1.29, 1.82) is 0 Å². The molecule has 4 nitrogen and oxygen atoms in total. The number of Topliss-reactive ketones (excluding diaryl/α,β-unsaturated/α-hetero) is 1. The van der Waals surface area contributed by atoms with Gasteiger partial charge in [-0.1, -0.05) is 5.21 Å². The molecule has 0 amide bonds. The SMILES string of the molecule is O=C(c1cn(Cc2cc(F)ccc2F)nn1)C(F)(F)F. The Balaban J connectivity index is 2.22. The van der Waals surface area contributed by atoms with E-state index in [0.29, 0.717) is 0 Å². The van der Waals surface area contributed by atoms with Crippen molar-refractivity contribution in [2.24, 2.45) is 0 Å². The predicted octanol–water partition coefficient (Wildman–Crippen LogP) is 2.35. The standard InChI is InChI=1S/C11H6F5N3O/c12-7-1-2-8(13)6(3-7)4-19-5-9(17-18-19)10(20)11(14,15)16/h1-3,5H,4H2. The largest absolute Gasteiger partial charge is 0.456 e. The van der Waals surface area contributed by atoms with Gasteiger partial charge in [0.15, 0.2) is 5.69 Å². The van der Waals surface area contributed by atoms with Gasteiger partial charge in [-0.05, 0) is 18.2 Å². The van der Waals surface area contributed by atoms with Crippen LogP contribution < -0.4 is 0 Å². The first-order chi connectivity index (χ1) is 9.27. The van der Waals surface area contributed by atoms with Gasteiger partial charge < -0.3 is 0 Å². The number of hydrogen-bond donors (Lipinski definition) is 0. The highest BCUT2D eigenvalue weighted by molar-refractivity contribution is 5.98. The Labute approximate surface area is 108 Å². The zero-order chi connectivity index (χ0) is 14.9. The second-order valence-corrected chi connectivity index (χ2v) is 3.86. The van der Waals surface area contributed by atoms with E-state index in [-0.39, 0.29) is 12.1 Å². The number of nitrogens with zero attached hydrogens (tertiary/aromatic N) is 3. The highest BCUT2D eigenvalue weighted by Gasteiger charge is 2.41. The van der Waals surface area contributed by atoms with Gasteiger partial charge in [-0.25, -0.2) is 13.5 Å². The molecule has 2 rings (SSSR count). The summed E-state index contributed by atoms with van der Waals surface area (Å²) in [5, 5.41) is 6.33. The fraction of sp³-hybridized carbons (Fsp3) is 0.182. The number of benzene rings is 1. The molecule has 20 heavy (non-hydrogen) atoms. The maximum absolute atomic E-state index is 13.3. The Kier molecular flexibility index (Phi) is 3.51. The normalized spacial score (nSPS) is 11.7. The smallest absolute Gasteiger partial charge is 0.282 e. The summed E-state index contributed by atoms with van der Waals surface area (Å²) in [5.74, 6) is -3.60. The Hall–Kier alpha value is -2.32. The van der Waals surface area contributed by atoms with Crippen molar-refractivity contribution in [3.8, 4) is 0 Å². The van der Waals surface area contributed by atoms with E-state index in [0.717, 1.165) is 29.1 Å². The lowest BCUT2D eigenvalue weighted by Gasteiger charge is -2.03. The topological polar surface area (TPSA) is 47.8 Å². The maximum Gasteiger partial charge on any atom is 0.456 e. The molecule has 2 aromatic rings. The van der Waals surface area contributed by atoms with E-state index in [1.54, 1.807) is 0 Å². The number of aromatic nitrogens is 3. The van der Waals surface area contributed by atoms with E-state index >= 15 is 0 Å². The number of alkyl halides is 3. The number of hydrogen-bond acceptors (Lipinski definition) is 3. The van der Waals surface area contributed by atoms with Crippen molar-refractivity contribution in [1.82, 2.24) is 15.0 Å². The van der Waals surface area contributed by atoms with Gasteiger partial charge in [0.05, 0.1) is 12.7 Å². The van der Waals surface area contributed by atoms with Crippen LogP contribution in [0.2, 0.25) is 0 Å². The van der Waals surface area contributed by atoms with Crippen LogP contribution in [-0.4, -0.2) is 27.0 Å². The molecule has 1 heterocycles. The van der Waals surface area contributed by atoms with Crippen LogP contribution in [0.15, 0.2) is 24.4 Å². The van der Waals surface area contributed by atoms with Crippen LogP contribution in [0, 0.1) is 11.6 Å². The van der Waals surface area contributed by atoms with Crippen LogP contribution in [0.25, 0.3) is 0 Å². The van der Waals surface area contributed by atoms with E-state index in [4.69, 9.17) is 0 Å². The van der Waals surface area contributed by atoms with Gasteiger partial charge in [0.2, 0.25) is 0 Å². The molecule has 0 atom stereocenters. The molecule has 0 N–H and O–H groups in total. The van der Waals surface area contributed by atoms with Gasteiger partial charge in [0.1, 0.15) is 11.6 Å². The minimum absolute atomic E-state index is 0.124. The summed E-state index contributed by atoms with van der Waals surface area (Å²) >= 11 is 0. The van der Waals surface area contributed by atoms with E-state index in [1.807, 2.05) is 0 Å². The molecule has 9 heteroatoms. The monoisotopic (exact) mass is 291 g/mol. The molecule has 0 saturated heterocycles. The van der Waals surface area contributed by atoms with Gasteiger partial charge in [0, 0.05) is 5.56 Å². The molecule has 0 aliphatic rings. The fourth-order valence-electron chi connectivity index (χ4n) is 1.46. The summed E-state index contributed by atoms with van der Waals surface area (Å²) in [6, 6.07) is 2.66. The van der Waals surface area contributed by atoms with Crippen LogP contribution >= 0.6 is 0 Å². The third-order valence-corrected chi connectivity index (χ3v) is 2.37. The van der Waals surface area contributed by atoms with Gasteiger partial charge in [-0.3, -0.25) is 4.79 Å². The van der Waals surface area contributed by atoms with Crippen LogP contribution in [0.4, 0.5) is 22.0 Å². The van der Waals surface area contributed by atoms with E-state index in [9.17, 15) is 26.7 Å². The number of carbonyl (C=O) groups is 1. The second kappa shape index (κ2) is 4.99. The molecule has 0 radical (unpaired) electrons. The summed E-state index contributed by atoms with van der Waals surface area (Å²) < 4.78 is 63.5. The first-order valence-electron chi connectivity index (χ1n) is 5.23. The molecule has 106 valence electrons. The Bertz CT molecular complexity index is 650. The molecule has 0 unspecified atom stereocenters. The molecule has 0 fully saturated rings. The molecule has 0 saturated carbocycles. The lowest BCUT2D eigenvalue weighted by molar-refractivity contribution is -0.0888. The summed E-state index contributed by atoms with van der Waals surface area (Å²) in [4.78, 5) is 10.9. The van der Waals surface area contributed by atoms with Crippen LogP contribution in [0.1, 0.15) is 16.1 Å². The molecule has 0 bridgehead atoms. The summed E-state index contributed by atoms with van der Waals surface area (Å²) in [7, 11) is 0. The zero-order valence-corrected chi connectivity index (χ0v) is 9.66. The number of ketones is 1. The first-order valence-corrected chi connectivity index (χ1v) is 5.23. The van der Waals surface area contributed by atoms with E-state index in [1.165, 1.54) is 0 Å². The molecule has 0 spiro atoms. The van der Waals surface area contributed by atoms with Crippen molar-refractivity contribution in [3.63, 3.8) is 0 Å². The predicted molar refractivity (Wildman–Crippen MR) is 55.9 cm³/mol. The van der Waals surface area contributed by atoms with Crippen LogP contribution in [-0.2, 0) is 6.54 Å². The second-order valence-electron chi connectivity index (χ2n) is 3.86. The van der Waals surface area contributed by atoms with Crippen molar-refractivity contribution in [3.05, 3.63) is 47.3 Å². The molecule has 1 aromatic carbocycles. The van der Waals surface area contributed by atoms with Crippen molar-refractivity contribution in [2.75, 3.05) is 0 Å². The first kappa shape index (κ1) is 14.1. The Morgan fingerprint density at radius 2 is 1.95 bits per heavy atom. The summed E-state index contributed by atoms with van der Waals surface area (Å²) in [6.07, 6.45) is -4.34. The Morgan fingerprint density at radius 3 is 2.60 bits per heavy atom. The van der Waals surface area contributed by atoms with Crippen LogP contribution in [0.5, 0.6) is 0 Å². The average Bonchev–Trinajstić information content (AvgIpc) is 2.80. The third kappa shape index (κ3) is 2.98. The maximum atomic E-state index is 13.3. The minimum Gasteiger partial charge on any atom is -0.282 e. The number of carbonyl (C=O) groups excluding carboxylic acids is 1. The van der Waals surface area contributed by atoms with Gasteiger partial charge >= 0.3 is 6.18 Å². The van der Waals surface area contributed by atoms with Gasteiger partial charge in [-0.2, -0.15) is 13.2 Å².